The number of benzene rings is 1. The van der Waals surface area contributed by atoms with Gasteiger partial charge in [0.2, 0.25) is 0 Å². The SMILES string of the molecule is O=C(Oc1ccc(Cl)cc1)N1CCC2(CC=CCC2)CC1. The Bertz CT molecular complexity index is 530. The number of allylic oxidation sites excluding steroid dienone is 2. The summed E-state index contributed by atoms with van der Waals surface area (Å²) in [5, 5.41) is 0.639. The maximum Gasteiger partial charge on any atom is 0.415 e. The van der Waals surface area contributed by atoms with E-state index < -0.39 is 0 Å². The zero-order valence-electron chi connectivity index (χ0n) is 12.1. The molecule has 1 amide bonds. The van der Waals surface area contributed by atoms with Crippen LogP contribution in [0.2, 0.25) is 5.02 Å². The lowest BCUT2D eigenvalue weighted by Crippen LogP contribution is -2.44. The molecule has 0 unspecified atom stereocenters. The molecule has 0 radical (unpaired) electrons. The Hall–Kier alpha value is -1.48. The molecule has 1 aromatic rings. The van der Waals surface area contributed by atoms with Gasteiger partial charge in [-0.2, -0.15) is 0 Å². The lowest BCUT2D eigenvalue weighted by molar-refractivity contribution is 0.0874. The van der Waals surface area contributed by atoms with E-state index >= 15 is 0 Å². The number of halogens is 1. The molecule has 3 rings (SSSR count). The highest BCUT2D eigenvalue weighted by Crippen LogP contribution is 2.42. The van der Waals surface area contributed by atoms with Crippen LogP contribution in [0.5, 0.6) is 5.75 Å². The van der Waals surface area contributed by atoms with Crippen LogP contribution in [-0.2, 0) is 0 Å². The first-order chi connectivity index (χ1) is 10.2. The largest absolute Gasteiger partial charge is 0.415 e. The maximum absolute atomic E-state index is 12.2. The summed E-state index contributed by atoms with van der Waals surface area (Å²) in [4.78, 5) is 14.0. The zero-order chi connectivity index (χ0) is 14.7. The fraction of sp³-hybridized carbons (Fsp3) is 0.471. The van der Waals surface area contributed by atoms with Gasteiger partial charge in [-0.1, -0.05) is 23.8 Å². The second kappa shape index (κ2) is 6.10. The van der Waals surface area contributed by atoms with Crippen molar-refractivity contribution >= 4 is 17.7 Å². The molecule has 0 saturated carbocycles. The molecule has 0 bridgehead atoms. The van der Waals surface area contributed by atoms with Crippen LogP contribution in [-0.4, -0.2) is 24.1 Å². The monoisotopic (exact) mass is 305 g/mol. The maximum atomic E-state index is 12.2. The van der Waals surface area contributed by atoms with Gasteiger partial charge < -0.3 is 9.64 Å². The van der Waals surface area contributed by atoms with Crippen molar-refractivity contribution in [2.24, 2.45) is 5.41 Å². The Morgan fingerprint density at radius 3 is 2.43 bits per heavy atom. The van der Waals surface area contributed by atoms with Crippen LogP contribution >= 0.6 is 11.6 Å². The molecule has 0 atom stereocenters. The molecule has 1 saturated heterocycles. The normalized spacial score (nSPS) is 20.5. The summed E-state index contributed by atoms with van der Waals surface area (Å²) >= 11 is 5.82. The second-order valence-electron chi connectivity index (χ2n) is 6.02. The van der Waals surface area contributed by atoms with E-state index in [4.69, 9.17) is 16.3 Å². The van der Waals surface area contributed by atoms with Gasteiger partial charge in [0.25, 0.3) is 0 Å². The average Bonchev–Trinajstić information content (AvgIpc) is 2.51. The van der Waals surface area contributed by atoms with Gasteiger partial charge in [0, 0.05) is 18.1 Å². The molecular formula is C17H20ClNO2. The molecule has 112 valence electrons. The zero-order valence-corrected chi connectivity index (χ0v) is 12.8. The second-order valence-corrected chi connectivity index (χ2v) is 6.46. The lowest BCUT2D eigenvalue weighted by Gasteiger charge is -2.42. The Kier molecular flexibility index (Phi) is 4.20. The van der Waals surface area contributed by atoms with E-state index in [1.54, 1.807) is 24.3 Å². The number of ether oxygens (including phenoxy) is 1. The van der Waals surface area contributed by atoms with Gasteiger partial charge in [-0.05, 0) is 61.8 Å². The summed E-state index contributed by atoms with van der Waals surface area (Å²) in [5.41, 5.74) is 0.422. The molecule has 21 heavy (non-hydrogen) atoms. The van der Waals surface area contributed by atoms with Gasteiger partial charge in [0.05, 0.1) is 0 Å². The Balaban J connectivity index is 1.55. The number of carbonyl (C=O) groups excluding carboxylic acids is 1. The van der Waals surface area contributed by atoms with E-state index in [-0.39, 0.29) is 6.09 Å². The van der Waals surface area contributed by atoms with Crippen LogP contribution in [0.15, 0.2) is 36.4 Å². The van der Waals surface area contributed by atoms with E-state index in [2.05, 4.69) is 12.2 Å². The highest BCUT2D eigenvalue weighted by atomic mass is 35.5. The van der Waals surface area contributed by atoms with Crippen molar-refractivity contribution < 1.29 is 9.53 Å². The summed E-state index contributed by atoms with van der Waals surface area (Å²) in [5.74, 6) is 0.547. The first-order valence-electron chi connectivity index (χ1n) is 7.54. The molecular weight excluding hydrogens is 286 g/mol. The molecule has 1 fully saturated rings. The molecule has 1 aliphatic heterocycles. The highest BCUT2D eigenvalue weighted by molar-refractivity contribution is 6.30. The fourth-order valence-electron chi connectivity index (χ4n) is 3.23. The van der Waals surface area contributed by atoms with Gasteiger partial charge in [-0.3, -0.25) is 0 Å². The van der Waals surface area contributed by atoms with Crippen molar-refractivity contribution in [1.29, 1.82) is 0 Å². The van der Waals surface area contributed by atoms with Gasteiger partial charge >= 0.3 is 6.09 Å². The van der Waals surface area contributed by atoms with Crippen molar-refractivity contribution in [2.75, 3.05) is 13.1 Å². The molecule has 0 N–H and O–H groups in total. The Morgan fingerprint density at radius 2 is 1.81 bits per heavy atom. The van der Waals surface area contributed by atoms with Crippen molar-refractivity contribution in [2.45, 2.75) is 32.1 Å². The smallest absolute Gasteiger partial charge is 0.410 e. The van der Waals surface area contributed by atoms with E-state index in [0.29, 0.717) is 16.2 Å². The summed E-state index contributed by atoms with van der Waals surface area (Å²) in [6.07, 6.45) is 10.1. The number of hydrogen-bond acceptors (Lipinski definition) is 2. The van der Waals surface area contributed by atoms with Gasteiger partial charge in [0.15, 0.2) is 0 Å². The van der Waals surface area contributed by atoms with E-state index in [9.17, 15) is 4.79 Å². The highest BCUT2D eigenvalue weighted by Gasteiger charge is 2.35. The van der Waals surface area contributed by atoms with Crippen molar-refractivity contribution in [3.8, 4) is 5.75 Å². The van der Waals surface area contributed by atoms with Gasteiger partial charge in [0.1, 0.15) is 5.75 Å². The molecule has 4 heteroatoms. The molecule has 1 spiro atoms. The predicted molar refractivity (Wildman–Crippen MR) is 83.7 cm³/mol. The first-order valence-corrected chi connectivity index (χ1v) is 7.92. The summed E-state index contributed by atoms with van der Waals surface area (Å²) in [7, 11) is 0. The summed E-state index contributed by atoms with van der Waals surface area (Å²) in [6.45, 7) is 1.58. The number of hydrogen-bond donors (Lipinski definition) is 0. The molecule has 1 heterocycles. The van der Waals surface area contributed by atoms with Crippen LogP contribution in [0.3, 0.4) is 0 Å². The number of piperidine rings is 1. The number of nitrogens with zero attached hydrogens (tertiary/aromatic N) is 1. The third-order valence-electron chi connectivity index (χ3n) is 4.66. The number of likely N-dealkylation sites (tertiary alicyclic amines) is 1. The summed E-state index contributed by atoms with van der Waals surface area (Å²) in [6, 6.07) is 6.89. The molecule has 0 aromatic heterocycles. The van der Waals surface area contributed by atoms with Crippen molar-refractivity contribution in [1.82, 2.24) is 4.90 Å². The van der Waals surface area contributed by atoms with Crippen molar-refractivity contribution in [3.63, 3.8) is 0 Å². The minimum atomic E-state index is -0.251. The van der Waals surface area contributed by atoms with Gasteiger partial charge in [-0.25, -0.2) is 4.79 Å². The average molecular weight is 306 g/mol. The third kappa shape index (κ3) is 3.41. The predicted octanol–water partition coefficient (Wildman–Crippen LogP) is 4.66. The van der Waals surface area contributed by atoms with Crippen LogP contribution in [0.25, 0.3) is 0 Å². The van der Waals surface area contributed by atoms with E-state index in [1.165, 1.54) is 12.8 Å². The van der Waals surface area contributed by atoms with Crippen LogP contribution < -0.4 is 4.74 Å². The Labute approximate surface area is 130 Å². The third-order valence-corrected chi connectivity index (χ3v) is 4.91. The molecule has 1 aromatic carbocycles. The fourth-order valence-corrected chi connectivity index (χ4v) is 3.35. The van der Waals surface area contributed by atoms with E-state index in [1.807, 2.05) is 4.90 Å². The number of amides is 1. The lowest BCUT2D eigenvalue weighted by atomic mass is 9.70. The van der Waals surface area contributed by atoms with Crippen LogP contribution in [0.1, 0.15) is 32.1 Å². The molecule has 1 aliphatic carbocycles. The number of rotatable bonds is 1. The minimum absolute atomic E-state index is 0.251. The van der Waals surface area contributed by atoms with E-state index in [0.717, 1.165) is 32.4 Å². The van der Waals surface area contributed by atoms with Crippen molar-refractivity contribution in [3.05, 3.63) is 41.4 Å². The standard InChI is InChI=1S/C17H20ClNO2/c18-14-4-6-15(7-5-14)21-16(20)19-12-10-17(11-13-19)8-2-1-3-9-17/h1-2,4-7H,3,8-13H2. The summed E-state index contributed by atoms with van der Waals surface area (Å²) < 4.78 is 5.40. The topological polar surface area (TPSA) is 29.5 Å². The quantitative estimate of drug-likeness (QED) is 0.706. The minimum Gasteiger partial charge on any atom is -0.410 e. The Morgan fingerprint density at radius 1 is 1.10 bits per heavy atom. The molecule has 3 nitrogen and oxygen atoms in total. The van der Waals surface area contributed by atoms with Crippen LogP contribution in [0, 0.1) is 5.41 Å². The first kappa shape index (κ1) is 14.5. The number of carbonyl (C=O) groups is 1. The van der Waals surface area contributed by atoms with Gasteiger partial charge in [-0.15, -0.1) is 0 Å². The molecule has 2 aliphatic rings. The van der Waals surface area contributed by atoms with Crippen LogP contribution in [0.4, 0.5) is 4.79 Å².